The van der Waals surface area contributed by atoms with Crippen molar-refractivity contribution in [2.45, 2.75) is 19.1 Å². The van der Waals surface area contributed by atoms with Crippen LogP contribution in [0, 0.1) is 0 Å². The van der Waals surface area contributed by atoms with Gasteiger partial charge in [-0.05, 0) is 12.5 Å². The number of rotatable bonds is 5. The zero-order chi connectivity index (χ0) is 22.3. The van der Waals surface area contributed by atoms with Gasteiger partial charge in [0, 0.05) is 49.0 Å². The lowest BCUT2D eigenvalue weighted by Crippen LogP contribution is -2.24. The molecule has 0 aliphatic carbocycles. The molecule has 0 saturated carbocycles. The number of anilines is 1. The van der Waals surface area contributed by atoms with Crippen molar-refractivity contribution < 1.29 is 9.90 Å². The van der Waals surface area contributed by atoms with Crippen molar-refractivity contribution in [1.82, 2.24) is 30.0 Å². The first-order valence-electron chi connectivity index (χ1n) is 10.1. The SMILES string of the molecule is CN1CCC(O)C1=O.c1ccc(-c2nc(-c3ccnc(NCc4cn[nH]c4)n3)cs2)cc1. The maximum atomic E-state index is 10.6. The Hall–Kier alpha value is -3.63. The van der Waals surface area contributed by atoms with Crippen molar-refractivity contribution >= 4 is 23.2 Å². The van der Waals surface area contributed by atoms with Gasteiger partial charge in [-0.25, -0.2) is 15.0 Å². The highest BCUT2D eigenvalue weighted by Gasteiger charge is 2.25. The predicted molar refractivity (Wildman–Crippen MR) is 123 cm³/mol. The van der Waals surface area contributed by atoms with E-state index >= 15 is 0 Å². The number of nitrogens with zero attached hydrogens (tertiary/aromatic N) is 5. The van der Waals surface area contributed by atoms with Crippen LogP contribution in [0.15, 0.2) is 60.4 Å². The number of carbonyl (C=O) groups is 1. The van der Waals surface area contributed by atoms with E-state index in [0.717, 1.165) is 27.5 Å². The number of likely N-dealkylation sites (tertiary alicyclic amines) is 1. The van der Waals surface area contributed by atoms with E-state index in [1.165, 1.54) is 4.90 Å². The smallest absolute Gasteiger partial charge is 0.251 e. The Morgan fingerprint density at radius 1 is 1.22 bits per heavy atom. The van der Waals surface area contributed by atoms with Gasteiger partial charge >= 0.3 is 0 Å². The summed E-state index contributed by atoms with van der Waals surface area (Å²) in [5.41, 5.74) is 3.82. The summed E-state index contributed by atoms with van der Waals surface area (Å²) >= 11 is 1.61. The van der Waals surface area contributed by atoms with Crippen LogP contribution in [0.3, 0.4) is 0 Å². The number of hydrogen-bond acceptors (Lipinski definition) is 8. The van der Waals surface area contributed by atoms with Crippen molar-refractivity contribution in [2.75, 3.05) is 18.9 Å². The quantitative estimate of drug-likeness (QED) is 0.428. The van der Waals surface area contributed by atoms with E-state index in [4.69, 9.17) is 5.11 Å². The normalized spacial score (nSPS) is 15.4. The van der Waals surface area contributed by atoms with E-state index in [0.29, 0.717) is 25.5 Å². The molecule has 4 heterocycles. The highest BCUT2D eigenvalue weighted by Crippen LogP contribution is 2.28. The van der Waals surface area contributed by atoms with Gasteiger partial charge in [0.05, 0.1) is 11.9 Å². The molecule has 1 amide bonds. The summed E-state index contributed by atoms with van der Waals surface area (Å²) in [7, 11) is 1.69. The Labute approximate surface area is 189 Å². The highest BCUT2D eigenvalue weighted by atomic mass is 32.1. The minimum atomic E-state index is -0.722. The minimum Gasteiger partial charge on any atom is -0.383 e. The first-order chi connectivity index (χ1) is 15.6. The minimum absolute atomic E-state index is 0.148. The fraction of sp³-hybridized carbons (Fsp3) is 0.227. The van der Waals surface area contributed by atoms with Crippen molar-refractivity contribution in [3.8, 4) is 22.0 Å². The fourth-order valence-corrected chi connectivity index (χ4v) is 3.87. The summed E-state index contributed by atoms with van der Waals surface area (Å²) in [6.07, 6.45) is 5.21. The zero-order valence-electron chi connectivity index (χ0n) is 17.5. The Bertz CT molecular complexity index is 1140. The van der Waals surface area contributed by atoms with E-state index in [9.17, 15) is 4.79 Å². The number of nitrogens with one attached hydrogen (secondary N) is 2. The summed E-state index contributed by atoms with van der Waals surface area (Å²) in [6.45, 7) is 1.31. The second kappa shape index (κ2) is 10.1. The van der Waals surface area contributed by atoms with Crippen molar-refractivity contribution in [1.29, 1.82) is 0 Å². The van der Waals surface area contributed by atoms with Crippen LogP contribution in [0.25, 0.3) is 22.0 Å². The van der Waals surface area contributed by atoms with Crippen LogP contribution in [-0.4, -0.2) is 60.8 Å². The molecular weight excluding hydrogens is 426 g/mol. The average molecular weight is 450 g/mol. The molecule has 1 aliphatic heterocycles. The topological polar surface area (TPSA) is 120 Å². The van der Waals surface area contributed by atoms with Gasteiger partial charge in [0.15, 0.2) is 0 Å². The molecule has 1 aliphatic rings. The molecule has 32 heavy (non-hydrogen) atoms. The van der Waals surface area contributed by atoms with Gasteiger partial charge in [0.1, 0.15) is 16.8 Å². The van der Waals surface area contributed by atoms with Crippen LogP contribution < -0.4 is 5.32 Å². The second-order valence-corrected chi connectivity index (χ2v) is 8.05. The average Bonchev–Trinajstić information content (AvgIpc) is 3.59. The Kier molecular flexibility index (Phi) is 6.83. The molecule has 10 heteroatoms. The number of aliphatic hydroxyl groups is 1. The summed E-state index contributed by atoms with van der Waals surface area (Å²) in [4.78, 5) is 25.6. The standard InChI is InChI=1S/C17H14N6S.C5H9NO2/c1-2-4-13(5-3-1)16-22-15(11-24-16)14-6-7-18-17(23-14)19-8-12-9-20-21-10-12;1-6-3-2-4(7)5(6)8/h1-7,9-11H,8H2,(H,20,21)(H,18,19,23);4,7H,2-3H2,1H3. The molecule has 0 radical (unpaired) electrons. The molecule has 3 aromatic heterocycles. The molecule has 3 N–H and O–H groups in total. The lowest BCUT2D eigenvalue weighted by atomic mass is 10.2. The first-order valence-corrected chi connectivity index (χ1v) is 11.0. The van der Waals surface area contributed by atoms with Crippen molar-refractivity contribution in [3.63, 3.8) is 0 Å². The van der Waals surface area contributed by atoms with Crippen LogP contribution in [0.4, 0.5) is 5.95 Å². The zero-order valence-corrected chi connectivity index (χ0v) is 18.3. The molecule has 5 rings (SSSR count). The number of hydrogen-bond donors (Lipinski definition) is 3. The third kappa shape index (κ3) is 5.34. The molecule has 9 nitrogen and oxygen atoms in total. The van der Waals surface area contributed by atoms with Gasteiger partial charge in [-0.1, -0.05) is 30.3 Å². The number of aromatic amines is 1. The Morgan fingerprint density at radius 3 is 2.72 bits per heavy atom. The molecule has 0 bridgehead atoms. The number of thiazole rings is 1. The van der Waals surface area contributed by atoms with Gasteiger partial charge in [0.2, 0.25) is 5.95 Å². The molecule has 1 atom stereocenters. The van der Waals surface area contributed by atoms with Crippen molar-refractivity contribution in [2.24, 2.45) is 0 Å². The lowest BCUT2D eigenvalue weighted by Gasteiger charge is -2.04. The van der Waals surface area contributed by atoms with E-state index in [-0.39, 0.29) is 5.91 Å². The lowest BCUT2D eigenvalue weighted by molar-refractivity contribution is -0.133. The maximum Gasteiger partial charge on any atom is 0.251 e. The molecular formula is C22H23N7O2S. The van der Waals surface area contributed by atoms with Gasteiger partial charge in [-0.3, -0.25) is 9.89 Å². The maximum absolute atomic E-state index is 10.6. The number of carbonyl (C=O) groups excluding carboxylic acids is 1. The van der Waals surface area contributed by atoms with E-state index in [1.807, 2.05) is 35.8 Å². The summed E-state index contributed by atoms with van der Waals surface area (Å²) < 4.78 is 0. The highest BCUT2D eigenvalue weighted by molar-refractivity contribution is 7.13. The summed E-state index contributed by atoms with van der Waals surface area (Å²) in [6, 6.07) is 12.0. The van der Waals surface area contributed by atoms with Crippen LogP contribution >= 0.6 is 11.3 Å². The monoisotopic (exact) mass is 449 g/mol. The van der Waals surface area contributed by atoms with Gasteiger partial charge in [0.25, 0.3) is 5.91 Å². The van der Waals surface area contributed by atoms with Crippen LogP contribution in [0.1, 0.15) is 12.0 Å². The molecule has 164 valence electrons. The van der Waals surface area contributed by atoms with Crippen LogP contribution in [0.2, 0.25) is 0 Å². The summed E-state index contributed by atoms with van der Waals surface area (Å²) in [5.74, 6) is 0.424. The third-order valence-electron chi connectivity index (χ3n) is 4.85. The van der Waals surface area contributed by atoms with Gasteiger partial charge in [-0.2, -0.15) is 5.10 Å². The Balaban J connectivity index is 0.000000260. The second-order valence-electron chi connectivity index (χ2n) is 7.19. The molecule has 0 spiro atoms. The third-order valence-corrected chi connectivity index (χ3v) is 5.74. The number of aromatic nitrogens is 5. The van der Waals surface area contributed by atoms with Crippen molar-refractivity contribution in [3.05, 3.63) is 65.9 Å². The molecule has 1 aromatic carbocycles. The number of aliphatic hydroxyl groups excluding tert-OH is 1. The number of benzene rings is 1. The molecule has 1 unspecified atom stereocenters. The first kappa shape index (κ1) is 21.6. The van der Waals surface area contributed by atoms with Gasteiger partial charge < -0.3 is 15.3 Å². The predicted octanol–water partition coefficient (Wildman–Crippen LogP) is 2.81. The van der Waals surface area contributed by atoms with Crippen LogP contribution in [0.5, 0.6) is 0 Å². The van der Waals surface area contributed by atoms with E-state index in [1.54, 1.807) is 30.8 Å². The summed E-state index contributed by atoms with van der Waals surface area (Å²) in [5, 5.41) is 21.7. The number of amides is 1. The largest absolute Gasteiger partial charge is 0.383 e. The Morgan fingerprint density at radius 2 is 2.06 bits per heavy atom. The number of likely N-dealkylation sites (N-methyl/N-ethyl adjacent to an activating group) is 1. The molecule has 1 saturated heterocycles. The van der Waals surface area contributed by atoms with Gasteiger partial charge in [-0.15, -0.1) is 11.3 Å². The van der Waals surface area contributed by atoms with E-state index in [2.05, 4.69) is 42.6 Å². The molecule has 4 aromatic rings. The van der Waals surface area contributed by atoms with Crippen LogP contribution in [-0.2, 0) is 11.3 Å². The molecule has 1 fully saturated rings. The fourth-order valence-electron chi connectivity index (χ4n) is 3.05. The van der Waals surface area contributed by atoms with E-state index < -0.39 is 6.10 Å². The number of H-pyrrole nitrogens is 1.